The Morgan fingerprint density at radius 1 is 1.26 bits per heavy atom. The first-order chi connectivity index (χ1) is 11.0. The zero-order chi connectivity index (χ0) is 17.2. The maximum absolute atomic E-state index is 12.0. The number of aryl methyl sites for hydroxylation is 2. The van der Waals surface area contributed by atoms with Gasteiger partial charge in [0.15, 0.2) is 0 Å². The lowest BCUT2D eigenvalue weighted by molar-refractivity contribution is -0.143. The highest BCUT2D eigenvalue weighted by Gasteiger charge is 2.13. The number of hydrogen-bond acceptors (Lipinski definition) is 3. The zero-order valence-electron chi connectivity index (χ0n) is 14.6. The molecule has 1 rings (SSSR count). The highest BCUT2D eigenvalue weighted by atomic mass is 16.5. The van der Waals surface area contributed by atoms with Crippen molar-refractivity contribution < 1.29 is 14.3 Å². The summed E-state index contributed by atoms with van der Waals surface area (Å²) >= 11 is 0. The Kier molecular flexibility index (Phi) is 8.16. The van der Waals surface area contributed by atoms with Crippen molar-refractivity contribution in [3.63, 3.8) is 0 Å². The number of carbonyl (C=O) groups is 2. The lowest BCUT2D eigenvalue weighted by Crippen LogP contribution is -2.37. The maximum atomic E-state index is 12.0. The molecule has 0 saturated heterocycles. The third-order valence-corrected chi connectivity index (χ3v) is 3.51. The number of hydrogen-bond donors (Lipinski definition) is 2. The van der Waals surface area contributed by atoms with Crippen molar-refractivity contribution in [3.8, 4) is 0 Å². The van der Waals surface area contributed by atoms with E-state index < -0.39 is 0 Å². The predicted octanol–water partition coefficient (Wildman–Crippen LogP) is 3.80. The van der Waals surface area contributed by atoms with Gasteiger partial charge in [0.25, 0.3) is 0 Å². The Hall–Kier alpha value is -2.04. The molecule has 1 aromatic rings. The van der Waals surface area contributed by atoms with Crippen LogP contribution >= 0.6 is 0 Å². The Morgan fingerprint density at radius 3 is 2.61 bits per heavy atom. The van der Waals surface area contributed by atoms with E-state index in [4.69, 9.17) is 4.74 Å². The van der Waals surface area contributed by atoms with Gasteiger partial charge in [0.2, 0.25) is 0 Å². The molecule has 0 aliphatic rings. The second kappa shape index (κ2) is 9.87. The topological polar surface area (TPSA) is 67.4 Å². The molecule has 5 nitrogen and oxygen atoms in total. The molecular formula is C18H28N2O3. The van der Waals surface area contributed by atoms with Crippen LogP contribution in [0.1, 0.15) is 51.2 Å². The fourth-order valence-electron chi connectivity index (χ4n) is 2.31. The van der Waals surface area contributed by atoms with E-state index in [0.717, 1.165) is 24.1 Å². The number of unbranched alkanes of at least 4 members (excludes halogenated alkanes) is 1. The van der Waals surface area contributed by atoms with Crippen molar-refractivity contribution in [2.75, 3.05) is 11.9 Å². The molecule has 5 heteroatoms. The van der Waals surface area contributed by atoms with Gasteiger partial charge in [-0.05, 0) is 50.8 Å². The van der Waals surface area contributed by atoms with Crippen molar-refractivity contribution in [2.45, 2.75) is 59.4 Å². The molecule has 2 amide bonds. The van der Waals surface area contributed by atoms with Crippen molar-refractivity contribution in [1.82, 2.24) is 5.32 Å². The maximum Gasteiger partial charge on any atom is 0.319 e. The van der Waals surface area contributed by atoms with Gasteiger partial charge >= 0.3 is 12.0 Å². The summed E-state index contributed by atoms with van der Waals surface area (Å²) < 4.78 is 4.87. The summed E-state index contributed by atoms with van der Waals surface area (Å²) in [5, 5.41) is 5.57. The molecule has 0 aromatic heterocycles. The average molecular weight is 320 g/mol. The standard InChI is InChI=1S/C18H28N2O3/c1-5-7-8-15-9-10-16(13(3)11-15)20-18(22)19-14(4)12-17(21)23-6-2/h9-11,14H,5-8,12H2,1-4H3,(H2,19,20,22). The lowest BCUT2D eigenvalue weighted by Gasteiger charge is -2.15. The Bertz CT molecular complexity index is 529. The Balaban J connectivity index is 2.52. The van der Waals surface area contributed by atoms with Crippen LogP contribution in [0.5, 0.6) is 0 Å². The number of rotatable bonds is 8. The molecule has 0 aliphatic heterocycles. The first-order valence-electron chi connectivity index (χ1n) is 8.28. The summed E-state index contributed by atoms with van der Waals surface area (Å²) in [5.74, 6) is -0.309. The van der Waals surface area contributed by atoms with Crippen LogP contribution in [0.4, 0.5) is 10.5 Å². The molecular weight excluding hydrogens is 292 g/mol. The van der Waals surface area contributed by atoms with Crippen LogP contribution in [-0.2, 0) is 16.0 Å². The van der Waals surface area contributed by atoms with Crippen LogP contribution in [0.2, 0.25) is 0 Å². The lowest BCUT2D eigenvalue weighted by atomic mass is 10.0. The quantitative estimate of drug-likeness (QED) is 0.716. The third-order valence-electron chi connectivity index (χ3n) is 3.51. The number of nitrogens with one attached hydrogen (secondary N) is 2. The first-order valence-corrected chi connectivity index (χ1v) is 8.28. The monoisotopic (exact) mass is 320 g/mol. The molecule has 0 heterocycles. The van der Waals surface area contributed by atoms with E-state index >= 15 is 0 Å². The summed E-state index contributed by atoms with van der Waals surface area (Å²) in [4.78, 5) is 23.4. The number of carbonyl (C=O) groups excluding carboxylic acids is 2. The minimum Gasteiger partial charge on any atom is -0.466 e. The summed E-state index contributed by atoms with van der Waals surface area (Å²) in [5.41, 5.74) is 3.10. The number of urea groups is 1. The summed E-state index contributed by atoms with van der Waals surface area (Å²) in [7, 11) is 0. The fraction of sp³-hybridized carbons (Fsp3) is 0.556. The Labute approximate surface area is 138 Å². The van der Waals surface area contributed by atoms with Gasteiger partial charge in [0, 0.05) is 11.7 Å². The molecule has 1 atom stereocenters. The minimum atomic E-state index is -0.314. The molecule has 128 valence electrons. The third kappa shape index (κ3) is 7.17. The molecule has 0 bridgehead atoms. The molecule has 2 N–H and O–H groups in total. The van der Waals surface area contributed by atoms with Gasteiger partial charge in [-0.3, -0.25) is 4.79 Å². The Morgan fingerprint density at radius 2 is 2.00 bits per heavy atom. The molecule has 0 spiro atoms. The second-order valence-corrected chi connectivity index (χ2v) is 5.76. The molecule has 0 aliphatic carbocycles. The molecule has 0 saturated carbocycles. The van der Waals surface area contributed by atoms with E-state index in [1.165, 1.54) is 12.0 Å². The van der Waals surface area contributed by atoms with Gasteiger partial charge in [-0.15, -0.1) is 0 Å². The van der Waals surface area contributed by atoms with Gasteiger partial charge in [0.05, 0.1) is 13.0 Å². The van der Waals surface area contributed by atoms with E-state index in [9.17, 15) is 9.59 Å². The summed E-state index contributed by atoms with van der Waals surface area (Å²) in [6, 6.07) is 5.48. The van der Waals surface area contributed by atoms with Crippen LogP contribution in [0, 0.1) is 6.92 Å². The second-order valence-electron chi connectivity index (χ2n) is 5.76. The summed E-state index contributed by atoms with van der Waals surface area (Å²) in [6.07, 6.45) is 3.55. The van der Waals surface area contributed by atoms with Crippen LogP contribution < -0.4 is 10.6 Å². The van der Waals surface area contributed by atoms with Gasteiger partial charge < -0.3 is 15.4 Å². The predicted molar refractivity (Wildman–Crippen MR) is 92.7 cm³/mol. The molecule has 23 heavy (non-hydrogen) atoms. The SMILES string of the molecule is CCCCc1ccc(NC(=O)NC(C)CC(=O)OCC)c(C)c1. The van der Waals surface area contributed by atoms with E-state index in [0.29, 0.717) is 6.61 Å². The van der Waals surface area contributed by atoms with E-state index in [1.807, 2.05) is 19.1 Å². The van der Waals surface area contributed by atoms with Crippen molar-refractivity contribution in [1.29, 1.82) is 0 Å². The van der Waals surface area contributed by atoms with Gasteiger partial charge in [-0.1, -0.05) is 25.5 Å². The van der Waals surface area contributed by atoms with Gasteiger partial charge in [-0.2, -0.15) is 0 Å². The number of anilines is 1. The van der Waals surface area contributed by atoms with Crippen LogP contribution in [0.3, 0.4) is 0 Å². The number of esters is 1. The van der Waals surface area contributed by atoms with Crippen molar-refractivity contribution >= 4 is 17.7 Å². The van der Waals surface area contributed by atoms with E-state index in [-0.39, 0.29) is 24.5 Å². The van der Waals surface area contributed by atoms with Crippen LogP contribution in [-0.4, -0.2) is 24.6 Å². The smallest absolute Gasteiger partial charge is 0.319 e. The van der Waals surface area contributed by atoms with E-state index in [1.54, 1.807) is 13.8 Å². The molecule has 1 unspecified atom stereocenters. The van der Waals surface area contributed by atoms with Crippen molar-refractivity contribution in [3.05, 3.63) is 29.3 Å². The van der Waals surface area contributed by atoms with Crippen LogP contribution in [0.15, 0.2) is 18.2 Å². The fourth-order valence-corrected chi connectivity index (χ4v) is 2.31. The molecule has 1 aromatic carbocycles. The largest absolute Gasteiger partial charge is 0.466 e. The first kappa shape index (κ1) is 19.0. The zero-order valence-corrected chi connectivity index (χ0v) is 14.6. The van der Waals surface area contributed by atoms with Gasteiger partial charge in [-0.25, -0.2) is 4.79 Å². The normalized spacial score (nSPS) is 11.7. The number of benzene rings is 1. The number of ether oxygens (including phenoxy) is 1. The van der Waals surface area contributed by atoms with Crippen LogP contribution in [0.25, 0.3) is 0 Å². The highest BCUT2D eigenvalue weighted by Crippen LogP contribution is 2.18. The average Bonchev–Trinajstić information content (AvgIpc) is 2.47. The van der Waals surface area contributed by atoms with Crippen molar-refractivity contribution in [2.24, 2.45) is 0 Å². The molecule has 0 radical (unpaired) electrons. The molecule has 0 fully saturated rings. The number of amides is 2. The van der Waals surface area contributed by atoms with E-state index in [2.05, 4.69) is 23.6 Å². The van der Waals surface area contributed by atoms with Gasteiger partial charge in [0.1, 0.15) is 0 Å². The highest BCUT2D eigenvalue weighted by molar-refractivity contribution is 5.90. The minimum absolute atomic E-state index is 0.163. The summed E-state index contributed by atoms with van der Waals surface area (Å²) in [6.45, 7) is 8.03.